The first-order valence-electron chi connectivity index (χ1n) is 5.98. The number of nitriles is 1. The maximum absolute atomic E-state index is 12.4. The van der Waals surface area contributed by atoms with E-state index >= 15 is 0 Å². The zero-order valence-electron chi connectivity index (χ0n) is 11.3. The van der Waals surface area contributed by atoms with Crippen LogP contribution in [0, 0.1) is 11.3 Å². The van der Waals surface area contributed by atoms with E-state index in [2.05, 4.69) is 4.98 Å². The van der Waals surface area contributed by atoms with Gasteiger partial charge in [0.1, 0.15) is 12.2 Å². The molecule has 0 spiro atoms. The van der Waals surface area contributed by atoms with Gasteiger partial charge in [-0.05, 0) is 18.4 Å². The topological polar surface area (TPSA) is 61.9 Å². The van der Waals surface area contributed by atoms with E-state index in [9.17, 15) is 4.79 Å². The van der Waals surface area contributed by atoms with Crippen molar-refractivity contribution in [3.63, 3.8) is 0 Å². The molecule has 0 fully saturated rings. The molecule has 1 amide bonds. The van der Waals surface area contributed by atoms with Gasteiger partial charge >= 0.3 is 0 Å². The third-order valence-corrected chi connectivity index (χ3v) is 3.45. The average molecular weight is 286 g/mol. The van der Waals surface area contributed by atoms with Gasteiger partial charge in [-0.25, -0.2) is 4.98 Å². The Kier molecular flexibility index (Phi) is 4.43. The second-order valence-electron chi connectivity index (χ2n) is 4.12. The minimum absolute atomic E-state index is 0.0490. The van der Waals surface area contributed by atoms with Gasteiger partial charge in [0.15, 0.2) is 5.16 Å². The van der Waals surface area contributed by atoms with E-state index in [0.717, 1.165) is 10.8 Å². The van der Waals surface area contributed by atoms with Crippen molar-refractivity contribution in [2.75, 3.05) is 19.8 Å². The number of nitrogens with zero attached hydrogens (tertiary/aromatic N) is 4. The summed E-state index contributed by atoms with van der Waals surface area (Å²) in [6.07, 6.45) is 3.46. The molecule has 0 aliphatic heterocycles. The molecular formula is C14H14N4OS. The quantitative estimate of drug-likeness (QED) is 0.638. The van der Waals surface area contributed by atoms with Crippen molar-refractivity contribution in [2.45, 2.75) is 5.16 Å². The lowest BCUT2D eigenvalue weighted by molar-refractivity contribution is 0.0803. The van der Waals surface area contributed by atoms with Crippen LogP contribution in [0.5, 0.6) is 0 Å². The van der Waals surface area contributed by atoms with Crippen LogP contribution in [-0.2, 0) is 0 Å². The van der Waals surface area contributed by atoms with Crippen LogP contribution < -0.4 is 0 Å². The lowest BCUT2D eigenvalue weighted by atomic mass is 10.3. The van der Waals surface area contributed by atoms with Gasteiger partial charge < -0.3 is 4.90 Å². The summed E-state index contributed by atoms with van der Waals surface area (Å²) in [5.74, 6) is -0.219. The first kappa shape index (κ1) is 14.2. The molecule has 5 nitrogen and oxygen atoms in total. The second kappa shape index (κ2) is 6.26. The number of imidazole rings is 1. The maximum Gasteiger partial charge on any atom is 0.273 e. The van der Waals surface area contributed by atoms with Gasteiger partial charge in [0.2, 0.25) is 0 Å². The average Bonchev–Trinajstić information content (AvgIpc) is 2.91. The Bertz CT molecular complexity index is 645. The normalized spacial score (nSPS) is 10.1. The molecule has 0 unspecified atom stereocenters. The van der Waals surface area contributed by atoms with Gasteiger partial charge in [0.25, 0.3) is 5.91 Å². The lowest BCUT2D eigenvalue weighted by Gasteiger charge is -2.15. The van der Waals surface area contributed by atoms with Crippen molar-refractivity contribution in [1.82, 2.24) is 14.5 Å². The standard InChI is InChI=1S/C14H14N4OS/c1-17(9-8-15)13(19)12-10-16-14(20-2)18(12)11-6-4-3-5-7-11/h3-7,10H,9H2,1-2H3. The predicted octanol–water partition coefficient (Wildman–Crippen LogP) is 2.19. The SMILES string of the molecule is CSc1ncc(C(=O)N(C)CC#N)n1-c1ccccc1. The molecule has 6 heteroatoms. The largest absolute Gasteiger partial charge is 0.327 e. The summed E-state index contributed by atoms with van der Waals surface area (Å²) in [7, 11) is 1.60. The van der Waals surface area contributed by atoms with Gasteiger partial charge in [-0.2, -0.15) is 5.26 Å². The summed E-state index contributed by atoms with van der Waals surface area (Å²) in [6, 6.07) is 11.5. The molecule has 0 saturated heterocycles. The molecule has 102 valence electrons. The first-order chi connectivity index (χ1) is 9.69. The molecule has 0 radical (unpaired) electrons. The molecule has 2 aromatic rings. The summed E-state index contributed by atoms with van der Waals surface area (Å²) in [5, 5.41) is 9.44. The van der Waals surface area contributed by atoms with Crippen molar-refractivity contribution in [3.05, 3.63) is 42.2 Å². The summed E-state index contributed by atoms with van der Waals surface area (Å²) < 4.78 is 1.81. The Balaban J connectivity index is 2.48. The minimum atomic E-state index is -0.219. The number of amides is 1. The number of carbonyl (C=O) groups excluding carboxylic acids is 1. The molecule has 1 aromatic carbocycles. The summed E-state index contributed by atoms with van der Waals surface area (Å²) in [5.41, 5.74) is 1.33. The van der Waals surface area contributed by atoms with Crippen LogP contribution in [-0.4, -0.2) is 40.2 Å². The number of thioether (sulfide) groups is 1. The third kappa shape index (κ3) is 2.68. The van der Waals surface area contributed by atoms with Crippen LogP contribution in [0.1, 0.15) is 10.5 Å². The molecule has 1 aromatic heterocycles. The number of hydrogen-bond donors (Lipinski definition) is 0. The van der Waals surface area contributed by atoms with E-state index in [1.165, 1.54) is 16.7 Å². The van der Waals surface area contributed by atoms with Gasteiger partial charge in [0, 0.05) is 12.7 Å². The van der Waals surface area contributed by atoms with Crippen molar-refractivity contribution in [3.8, 4) is 11.8 Å². The Morgan fingerprint density at radius 2 is 2.15 bits per heavy atom. The smallest absolute Gasteiger partial charge is 0.273 e. The summed E-state index contributed by atoms with van der Waals surface area (Å²) >= 11 is 1.47. The first-order valence-corrected chi connectivity index (χ1v) is 7.21. The molecule has 0 saturated carbocycles. The maximum atomic E-state index is 12.4. The van der Waals surface area contributed by atoms with Crippen LogP contribution in [0.2, 0.25) is 0 Å². The van der Waals surface area contributed by atoms with E-state index in [1.54, 1.807) is 17.8 Å². The van der Waals surface area contributed by atoms with Gasteiger partial charge in [-0.3, -0.25) is 9.36 Å². The highest BCUT2D eigenvalue weighted by Gasteiger charge is 2.20. The molecular weight excluding hydrogens is 272 g/mol. The Labute approximate surface area is 121 Å². The van der Waals surface area contributed by atoms with E-state index in [0.29, 0.717) is 5.69 Å². The number of para-hydroxylation sites is 1. The molecule has 2 rings (SSSR count). The molecule has 0 aliphatic rings. The van der Waals surface area contributed by atoms with Gasteiger partial charge in [0.05, 0.1) is 12.3 Å². The van der Waals surface area contributed by atoms with Crippen LogP contribution in [0.25, 0.3) is 5.69 Å². The molecule has 0 atom stereocenters. The van der Waals surface area contributed by atoms with Crippen LogP contribution >= 0.6 is 11.8 Å². The van der Waals surface area contributed by atoms with E-state index in [-0.39, 0.29) is 12.5 Å². The lowest BCUT2D eigenvalue weighted by Crippen LogP contribution is -2.28. The molecule has 0 N–H and O–H groups in total. The number of hydrogen-bond acceptors (Lipinski definition) is 4. The molecule has 1 heterocycles. The Morgan fingerprint density at radius 3 is 2.75 bits per heavy atom. The number of carbonyl (C=O) groups is 1. The summed E-state index contributed by atoms with van der Waals surface area (Å²) in [4.78, 5) is 18.0. The minimum Gasteiger partial charge on any atom is -0.327 e. The monoisotopic (exact) mass is 286 g/mol. The van der Waals surface area contributed by atoms with Gasteiger partial charge in [-0.1, -0.05) is 30.0 Å². The van der Waals surface area contributed by atoms with E-state index in [1.807, 2.05) is 42.7 Å². The fourth-order valence-corrected chi connectivity index (χ4v) is 2.37. The van der Waals surface area contributed by atoms with E-state index < -0.39 is 0 Å². The number of aromatic nitrogens is 2. The number of rotatable bonds is 4. The van der Waals surface area contributed by atoms with Gasteiger partial charge in [-0.15, -0.1) is 0 Å². The molecule has 20 heavy (non-hydrogen) atoms. The third-order valence-electron chi connectivity index (χ3n) is 2.80. The van der Waals surface area contributed by atoms with Crippen LogP contribution in [0.3, 0.4) is 0 Å². The Morgan fingerprint density at radius 1 is 1.45 bits per heavy atom. The fourth-order valence-electron chi connectivity index (χ4n) is 1.83. The molecule has 0 bridgehead atoms. The number of benzene rings is 1. The zero-order chi connectivity index (χ0) is 14.5. The Hall–Kier alpha value is -2.26. The second-order valence-corrected chi connectivity index (χ2v) is 4.89. The van der Waals surface area contributed by atoms with Crippen LogP contribution in [0.4, 0.5) is 0 Å². The highest BCUT2D eigenvalue weighted by atomic mass is 32.2. The summed E-state index contributed by atoms with van der Waals surface area (Å²) in [6.45, 7) is 0.0490. The van der Waals surface area contributed by atoms with Crippen molar-refractivity contribution >= 4 is 17.7 Å². The predicted molar refractivity (Wildman–Crippen MR) is 77.9 cm³/mol. The van der Waals surface area contributed by atoms with Crippen molar-refractivity contribution < 1.29 is 4.79 Å². The highest BCUT2D eigenvalue weighted by Crippen LogP contribution is 2.22. The fraction of sp³-hybridized carbons (Fsp3) is 0.214. The molecule has 0 aliphatic carbocycles. The van der Waals surface area contributed by atoms with Crippen molar-refractivity contribution in [2.24, 2.45) is 0 Å². The highest BCUT2D eigenvalue weighted by molar-refractivity contribution is 7.98. The van der Waals surface area contributed by atoms with Crippen molar-refractivity contribution in [1.29, 1.82) is 5.26 Å². The van der Waals surface area contributed by atoms with Crippen LogP contribution in [0.15, 0.2) is 41.7 Å². The zero-order valence-corrected chi connectivity index (χ0v) is 12.1. The van der Waals surface area contributed by atoms with E-state index in [4.69, 9.17) is 5.26 Å².